The molecule has 3 rings (SSSR count). The first kappa shape index (κ1) is 19.9. The van der Waals surface area contributed by atoms with E-state index in [1.165, 1.54) is 0 Å². The van der Waals surface area contributed by atoms with Gasteiger partial charge in [-0.05, 0) is 56.9 Å². The number of anilines is 1. The normalized spacial score (nSPS) is 12.7. The van der Waals surface area contributed by atoms with Crippen LogP contribution in [0, 0.1) is 0 Å². The number of rotatable bonds is 7. The van der Waals surface area contributed by atoms with Crippen molar-refractivity contribution in [1.82, 2.24) is 14.9 Å². The average molecular weight is 397 g/mol. The number of thiophene rings is 1. The van der Waals surface area contributed by atoms with Crippen LogP contribution >= 0.6 is 11.3 Å². The summed E-state index contributed by atoms with van der Waals surface area (Å²) in [6.45, 7) is 1.92. The van der Waals surface area contributed by atoms with Gasteiger partial charge in [-0.3, -0.25) is 9.59 Å². The molecule has 7 heteroatoms. The summed E-state index contributed by atoms with van der Waals surface area (Å²) < 4.78 is 0. The monoisotopic (exact) mass is 396 g/mol. The Hall–Kier alpha value is -2.90. The molecule has 3 aromatic rings. The molecule has 0 saturated heterocycles. The SMILES string of the molecule is CN(C)CCCNc1ccc(/C=c2\[nH]c(=O)/c(=C/c3ccccc3)[nH]c2=O)s1. The van der Waals surface area contributed by atoms with E-state index >= 15 is 0 Å². The number of aromatic nitrogens is 2. The van der Waals surface area contributed by atoms with Crippen molar-refractivity contribution in [3.63, 3.8) is 0 Å². The fourth-order valence-corrected chi connectivity index (χ4v) is 3.56. The second-order valence-electron chi connectivity index (χ2n) is 6.72. The minimum atomic E-state index is -0.326. The highest BCUT2D eigenvalue weighted by molar-refractivity contribution is 7.16. The number of nitrogens with zero attached hydrogens (tertiary/aromatic N) is 1. The molecule has 0 fully saturated rings. The molecule has 0 saturated carbocycles. The summed E-state index contributed by atoms with van der Waals surface area (Å²) in [7, 11) is 4.11. The van der Waals surface area contributed by atoms with Gasteiger partial charge in [0.2, 0.25) is 0 Å². The topological polar surface area (TPSA) is 81.0 Å². The molecular formula is C21H24N4O2S. The van der Waals surface area contributed by atoms with Gasteiger partial charge in [-0.2, -0.15) is 0 Å². The van der Waals surface area contributed by atoms with E-state index in [-0.39, 0.29) is 21.8 Å². The Balaban J connectivity index is 1.80. The summed E-state index contributed by atoms with van der Waals surface area (Å²) in [5, 5.41) is 4.90. The maximum atomic E-state index is 12.4. The minimum Gasteiger partial charge on any atom is -0.377 e. The van der Waals surface area contributed by atoms with Crippen LogP contribution in [0.3, 0.4) is 0 Å². The first-order valence-electron chi connectivity index (χ1n) is 9.11. The lowest BCUT2D eigenvalue weighted by Crippen LogP contribution is -2.46. The standard InChI is InChI=1S/C21H24N4O2S/c1-25(2)12-6-11-22-19-10-9-16(28-19)14-18-21(27)23-17(20(26)24-18)13-15-7-4-3-5-8-15/h3-5,7-10,13-14,22H,6,11-12H2,1-2H3,(H,23,27)(H,24,26)/b17-13-,18-14-. The molecule has 6 nitrogen and oxygen atoms in total. The molecule has 0 unspecified atom stereocenters. The number of benzene rings is 1. The largest absolute Gasteiger partial charge is 0.377 e. The van der Waals surface area contributed by atoms with Gasteiger partial charge in [-0.1, -0.05) is 30.3 Å². The van der Waals surface area contributed by atoms with E-state index in [9.17, 15) is 9.59 Å². The van der Waals surface area contributed by atoms with E-state index in [0.717, 1.165) is 35.0 Å². The van der Waals surface area contributed by atoms with Gasteiger partial charge in [0.05, 0.1) is 5.00 Å². The van der Waals surface area contributed by atoms with E-state index in [1.807, 2.05) is 42.5 Å². The van der Waals surface area contributed by atoms with Crippen molar-refractivity contribution in [3.8, 4) is 0 Å². The molecule has 0 amide bonds. The molecule has 0 radical (unpaired) electrons. The van der Waals surface area contributed by atoms with E-state index in [4.69, 9.17) is 0 Å². The second kappa shape index (κ2) is 9.34. The molecule has 0 spiro atoms. The molecule has 28 heavy (non-hydrogen) atoms. The maximum Gasteiger partial charge on any atom is 0.272 e. The van der Waals surface area contributed by atoms with Crippen LogP contribution in [0.1, 0.15) is 16.9 Å². The fraction of sp³-hybridized carbons (Fsp3) is 0.238. The summed E-state index contributed by atoms with van der Waals surface area (Å²) >= 11 is 1.55. The molecule has 0 aliphatic carbocycles. The number of nitrogens with one attached hydrogen (secondary N) is 3. The average Bonchev–Trinajstić information content (AvgIpc) is 3.11. The van der Waals surface area contributed by atoms with Gasteiger partial charge in [0.15, 0.2) is 0 Å². The summed E-state index contributed by atoms with van der Waals surface area (Å²) in [5.41, 5.74) is 0.201. The number of aromatic amines is 2. The van der Waals surface area contributed by atoms with Crippen molar-refractivity contribution in [2.24, 2.45) is 0 Å². The number of H-pyrrole nitrogens is 2. The van der Waals surface area contributed by atoms with Crippen molar-refractivity contribution in [2.45, 2.75) is 6.42 Å². The van der Waals surface area contributed by atoms with Gasteiger partial charge >= 0.3 is 0 Å². The zero-order valence-electron chi connectivity index (χ0n) is 16.0. The van der Waals surface area contributed by atoms with Crippen LogP contribution in [0.5, 0.6) is 0 Å². The Kier molecular flexibility index (Phi) is 6.62. The highest BCUT2D eigenvalue weighted by Gasteiger charge is 2.00. The van der Waals surface area contributed by atoms with Crippen LogP contribution in [0.15, 0.2) is 52.1 Å². The Morgan fingerprint density at radius 3 is 2.32 bits per heavy atom. The van der Waals surface area contributed by atoms with Crippen LogP contribution in [0.25, 0.3) is 12.2 Å². The van der Waals surface area contributed by atoms with Gasteiger partial charge in [0.25, 0.3) is 11.1 Å². The van der Waals surface area contributed by atoms with Crippen LogP contribution < -0.4 is 27.1 Å². The van der Waals surface area contributed by atoms with Crippen molar-refractivity contribution in [2.75, 3.05) is 32.5 Å². The van der Waals surface area contributed by atoms with E-state index in [0.29, 0.717) is 0 Å². The summed E-state index contributed by atoms with van der Waals surface area (Å²) in [5.74, 6) is 0. The van der Waals surface area contributed by atoms with Crippen molar-refractivity contribution < 1.29 is 0 Å². The third-order valence-electron chi connectivity index (χ3n) is 4.09. The summed E-state index contributed by atoms with van der Waals surface area (Å²) in [4.78, 5) is 33.1. The lowest BCUT2D eigenvalue weighted by Gasteiger charge is -2.09. The van der Waals surface area contributed by atoms with Crippen LogP contribution in [-0.2, 0) is 0 Å². The zero-order valence-corrected chi connectivity index (χ0v) is 16.8. The summed E-state index contributed by atoms with van der Waals surface area (Å²) in [6.07, 6.45) is 4.41. The second-order valence-corrected chi connectivity index (χ2v) is 7.84. The lowest BCUT2D eigenvalue weighted by molar-refractivity contribution is 0.405. The van der Waals surface area contributed by atoms with E-state index in [1.54, 1.807) is 23.5 Å². The van der Waals surface area contributed by atoms with Gasteiger partial charge in [-0.25, -0.2) is 0 Å². The molecule has 3 N–H and O–H groups in total. The van der Waals surface area contributed by atoms with Crippen molar-refractivity contribution >= 4 is 28.5 Å². The van der Waals surface area contributed by atoms with Gasteiger partial charge in [-0.15, -0.1) is 11.3 Å². The van der Waals surface area contributed by atoms with E-state index < -0.39 is 0 Å². The lowest BCUT2D eigenvalue weighted by atomic mass is 10.2. The molecule has 146 valence electrons. The molecule has 0 aliphatic heterocycles. The molecule has 2 heterocycles. The molecular weight excluding hydrogens is 372 g/mol. The molecule has 1 aromatic carbocycles. The fourth-order valence-electron chi connectivity index (χ4n) is 2.69. The predicted molar refractivity (Wildman–Crippen MR) is 116 cm³/mol. The first-order valence-corrected chi connectivity index (χ1v) is 9.92. The van der Waals surface area contributed by atoms with E-state index in [2.05, 4.69) is 34.3 Å². The predicted octanol–water partition coefficient (Wildman–Crippen LogP) is 1.15. The van der Waals surface area contributed by atoms with Gasteiger partial charge in [0, 0.05) is 11.4 Å². The smallest absolute Gasteiger partial charge is 0.272 e. The van der Waals surface area contributed by atoms with Crippen LogP contribution in [0.2, 0.25) is 0 Å². The van der Waals surface area contributed by atoms with Crippen LogP contribution in [0.4, 0.5) is 5.00 Å². The Morgan fingerprint density at radius 1 is 0.964 bits per heavy atom. The molecule has 0 aliphatic rings. The van der Waals surface area contributed by atoms with Gasteiger partial charge in [0.1, 0.15) is 10.7 Å². The van der Waals surface area contributed by atoms with Crippen LogP contribution in [-0.4, -0.2) is 42.1 Å². The third-order valence-corrected chi connectivity index (χ3v) is 5.08. The minimum absolute atomic E-state index is 0.239. The van der Waals surface area contributed by atoms with Crippen molar-refractivity contribution in [1.29, 1.82) is 0 Å². The Labute approximate surface area is 166 Å². The third kappa shape index (κ3) is 5.55. The molecule has 0 atom stereocenters. The molecule has 2 aromatic heterocycles. The zero-order chi connectivity index (χ0) is 19.9. The summed E-state index contributed by atoms with van der Waals surface area (Å²) in [6, 6.07) is 13.3. The highest BCUT2D eigenvalue weighted by Crippen LogP contribution is 2.22. The highest BCUT2D eigenvalue weighted by atomic mass is 32.1. The quantitative estimate of drug-likeness (QED) is 0.524. The molecule has 0 bridgehead atoms. The number of hydrogen-bond donors (Lipinski definition) is 3. The Morgan fingerprint density at radius 2 is 1.64 bits per heavy atom. The number of hydrogen-bond acceptors (Lipinski definition) is 5. The Bertz CT molecular complexity index is 1140. The maximum absolute atomic E-state index is 12.4. The first-order chi connectivity index (χ1) is 13.5. The van der Waals surface area contributed by atoms with Crippen molar-refractivity contribution in [3.05, 3.63) is 84.3 Å². The van der Waals surface area contributed by atoms with Gasteiger partial charge < -0.3 is 20.2 Å².